The van der Waals surface area contributed by atoms with Crippen molar-refractivity contribution in [1.82, 2.24) is 10.2 Å². The van der Waals surface area contributed by atoms with Crippen LogP contribution in [0.3, 0.4) is 0 Å². The molecule has 0 aliphatic heterocycles. The normalized spacial score (nSPS) is 14.9. The number of halogens is 4. The summed E-state index contributed by atoms with van der Waals surface area (Å²) in [5, 5.41) is 3.72. The molecule has 3 rings (SSSR count). The van der Waals surface area contributed by atoms with Crippen LogP contribution in [0.2, 0.25) is 20.1 Å². The molecule has 1 fully saturated rings. The average Bonchev–Trinajstić information content (AvgIpc) is 3.33. The van der Waals surface area contributed by atoms with E-state index in [-0.39, 0.29) is 39.2 Å². The fraction of sp³-hybridized carbons (Fsp3) is 0.440. The Morgan fingerprint density at radius 2 is 1.62 bits per heavy atom. The first-order chi connectivity index (χ1) is 17.4. The van der Waals surface area contributed by atoms with Crippen molar-refractivity contribution in [2.75, 3.05) is 17.1 Å². The van der Waals surface area contributed by atoms with Crippen LogP contribution < -0.4 is 9.62 Å². The van der Waals surface area contributed by atoms with E-state index in [2.05, 4.69) is 5.32 Å². The van der Waals surface area contributed by atoms with Crippen LogP contribution in [0.15, 0.2) is 36.4 Å². The van der Waals surface area contributed by atoms with Crippen LogP contribution in [0.5, 0.6) is 0 Å². The molecule has 0 bridgehead atoms. The average molecular weight is 609 g/mol. The second kappa shape index (κ2) is 12.9. The number of benzene rings is 2. The van der Waals surface area contributed by atoms with Crippen LogP contribution in [0, 0.1) is 0 Å². The summed E-state index contributed by atoms with van der Waals surface area (Å²) >= 11 is 24.8. The number of nitrogens with zero attached hydrogens (tertiary/aromatic N) is 2. The summed E-state index contributed by atoms with van der Waals surface area (Å²) in [7, 11) is -3.98. The maximum atomic E-state index is 13.8. The van der Waals surface area contributed by atoms with Crippen molar-refractivity contribution in [2.45, 2.75) is 57.7 Å². The molecule has 37 heavy (non-hydrogen) atoms. The van der Waals surface area contributed by atoms with Crippen LogP contribution >= 0.6 is 46.4 Å². The van der Waals surface area contributed by atoms with E-state index in [0.29, 0.717) is 17.0 Å². The van der Waals surface area contributed by atoms with Gasteiger partial charge in [0.2, 0.25) is 21.8 Å². The van der Waals surface area contributed by atoms with E-state index >= 15 is 0 Å². The van der Waals surface area contributed by atoms with Crippen LogP contribution in [-0.4, -0.2) is 50.0 Å². The molecule has 0 aromatic heterocycles. The molecule has 0 radical (unpaired) electrons. The minimum absolute atomic E-state index is 0.00747. The van der Waals surface area contributed by atoms with Crippen LogP contribution in [0.25, 0.3) is 0 Å². The number of nitrogens with one attached hydrogen (secondary N) is 1. The maximum absolute atomic E-state index is 13.8. The standard InChI is InChI=1S/C25H29Cl4N3O4S/c1-3-22(25(34)30-17-9-5-6-10-17)31(14-16-8-4-7-11-18(16)26)24(33)15-32(37(2,35)36)23-13-20(28)19(27)12-21(23)29/h4,7-8,11-13,17,22H,3,5-6,9-10,14-15H2,1-2H3,(H,30,34)/t22-/m1/s1. The molecular weight excluding hydrogens is 580 g/mol. The summed E-state index contributed by atoms with van der Waals surface area (Å²) in [4.78, 5) is 28.5. The second-order valence-corrected chi connectivity index (χ2v) is 12.6. The third-order valence-corrected chi connectivity index (χ3v) is 8.84. The van der Waals surface area contributed by atoms with Crippen molar-refractivity contribution < 1.29 is 18.0 Å². The molecule has 2 amide bonds. The molecule has 1 saturated carbocycles. The van der Waals surface area contributed by atoms with E-state index in [9.17, 15) is 18.0 Å². The number of hydrogen-bond acceptors (Lipinski definition) is 4. The van der Waals surface area contributed by atoms with E-state index in [4.69, 9.17) is 46.4 Å². The lowest BCUT2D eigenvalue weighted by atomic mass is 10.1. The van der Waals surface area contributed by atoms with Gasteiger partial charge >= 0.3 is 0 Å². The maximum Gasteiger partial charge on any atom is 0.244 e. The largest absolute Gasteiger partial charge is 0.352 e. The van der Waals surface area contributed by atoms with Gasteiger partial charge in [-0.1, -0.05) is 84.4 Å². The van der Waals surface area contributed by atoms with Gasteiger partial charge in [0.25, 0.3) is 0 Å². The Balaban J connectivity index is 1.98. The highest BCUT2D eigenvalue weighted by atomic mass is 35.5. The molecule has 7 nitrogen and oxygen atoms in total. The van der Waals surface area contributed by atoms with E-state index in [1.165, 1.54) is 17.0 Å². The van der Waals surface area contributed by atoms with Gasteiger partial charge in [0, 0.05) is 17.6 Å². The number of sulfonamides is 1. The van der Waals surface area contributed by atoms with Crippen molar-refractivity contribution in [3.63, 3.8) is 0 Å². The first kappa shape index (κ1) is 29.8. The topological polar surface area (TPSA) is 86.8 Å². The molecule has 1 N–H and O–H groups in total. The molecule has 0 unspecified atom stereocenters. The minimum atomic E-state index is -3.98. The minimum Gasteiger partial charge on any atom is -0.352 e. The van der Waals surface area contributed by atoms with Gasteiger partial charge in [-0.2, -0.15) is 0 Å². The van der Waals surface area contributed by atoms with Crippen molar-refractivity contribution >= 4 is 73.9 Å². The Hall–Kier alpha value is -1.71. The fourth-order valence-corrected chi connectivity index (χ4v) is 6.14. The lowest BCUT2D eigenvalue weighted by Gasteiger charge is -2.33. The van der Waals surface area contributed by atoms with E-state index in [1.807, 2.05) is 0 Å². The molecule has 1 aliphatic carbocycles. The zero-order valence-corrected chi connectivity index (χ0v) is 24.4. The summed E-state index contributed by atoms with van der Waals surface area (Å²) in [6, 6.07) is 8.82. The molecular formula is C25H29Cl4N3O4S. The second-order valence-electron chi connectivity index (χ2n) is 9.01. The van der Waals surface area contributed by atoms with Crippen molar-refractivity contribution in [3.8, 4) is 0 Å². The summed E-state index contributed by atoms with van der Waals surface area (Å²) in [5.74, 6) is -0.880. The van der Waals surface area contributed by atoms with E-state index in [1.54, 1.807) is 31.2 Å². The summed E-state index contributed by atoms with van der Waals surface area (Å²) in [5.41, 5.74) is 0.635. The van der Waals surface area contributed by atoms with Gasteiger partial charge < -0.3 is 10.2 Å². The molecule has 0 saturated heterocycles. The summed E-state index contributed by atoms with van der Waals surface area (Å²) in [6.07, 6.45) is 5.13. The number of hydrogen-bond donors (Lipinski definition) is 1. The predicted octanol–water partition coefficient (Wildman–Crippen LogP) is 5.93. The molecule has 2 aromatic rings. The lowest BCUT2D eigenvalue weighted by molar-refractivity contribution is -0.140. The first-order valence-corrected chi connectivity index (χ1v) is 15.2. The third kappa shape index (κ3) is 7.67. The summed E-state index contributed by atoms with van der Waals surface area (Å²) < 4.78 is 26.4. The monoisotopic (exact) mass is 607 g/mol. The van der Waals surface area contributed by atoms with Gasteiger partial charge in [0.1, 0.15) is 12.6 Å². The van der Waals surface area contributed by atoms with Crippen LogP contribution in [0.4, 0.5) is 5.69 Å². The van der Waals surface area contributed by atoms with Crippen LogP contribution in [-0.2, 0) is 26.2 Å². The Bertz CT molecular complexity index is 1250. The predicted molar refractivity (Wildman–Crippen MR) is 150 cm³/mol. The zero-order valence-electron chi connectivity index (χ0n) is 20.5. The third-order valence-electron chi connectivity index (χ3n) is 6.32. The molecule has 1 aliphatic rings. The number of rotatable bonds is 10. The van der Waals surface area contributed by atoms with Crippen molar-refractivity contribution in [2.24, 2.45) is 0 Å². The van der Waals surface area contributed by atoms with Gasteiger partial charge in [-0.3, -0.25) is 13.9 Å². The highest BCUT2D eigenvalue weighted by molar-refractivity contribution is 7.92. The molecule has 202 valence electrons. The smallest absolute Gasteiger partial charge is 0.244 e. The van der Waals surface area contributed by atoms with E-state index < -0.39 is 28.5 Å². The van der Waals surface area contributed by atoms with Gasteiger partial charge in [-0.25, -0.2) is 8.42 Å². The lowest BCUT2D eigenvalue weighted by Crippen LogP contribution is -2.53. The van der Waals surface area contributed by atoms with Gasteiger partial charge in [-0.15, -0.1) is 0 Å². The number of carbonyl (C=O) groups is 2. The molecule has 0 heterocycles. The Labute approximate surface area is 238 Å². The van der Waals surface area contributed by atoms with Crippen molar-refractivity contribution in [3.05, 3.63) is 62.1 Å². The van der Waals surface area contributed by atoms with Gasteiger partial charge in [-0.05, 0) is 43.0 Å². The highest BCUT2D eigenvalue weighted by Gasteiger charge is 2.34. The van der Waals surface area contributed by atoms with Crippen LogP contribution in [0.1, 0.15) is 44.6 Å². The Kier molecular flexibility index (Phi) is 10.4. The molecule has 0 spiro atoms. The Morgan fingerprint density at radius 3 is 2.22 bits per heavy atom. The SMILES string of the molecule is CC[C@H](C(=O)NC1CCCC1)N(Cc1ccccc1Cl)C(=O)CN(c1cc(Cl)c(Cl)cc1Cl)S(C)(=O)=O. The van der Waals surface area contributed by atoms with E-state index in [0.717, 1.165) is 36.2 Å². The molecule has 12 heteroatoms. The number of anilines is 1. The first-order valence-electron chi connectivity index (χ1n) is 11.9. The zero-order chi connectivity index (χ0) is 27.3. The summed E-state index contributed by atoms with van der Waals surface area (Å²) in [6.45, 7) is 1.21. The number of carbonyl (C=O) groups excluding carboxylic acids is 2. The molecule has 1 atom stereocenters. The quantitative estimate of drug-likeness (QED) is 0.339. The van der Waals surface area contributed by atoms with Crippen molar-refractivity contribution in [1.29, 1.82) is 0 Å². The fourth-order valence-electron chi connectivity index (χ4n) is 4.40. The number of amides is 2. The Morgan fingerprint density at radius 1 is 1.00 bits per heavy atom. The van der Waals surface area contributed by atoms with Gasteiger partial charge in [0.15, 0.2) is 0 Å². The van der Waals surface area contributed by atoms with Gasteiger partial charge in [0.05, 0.1) is 27.0 Å². The highest BCUT2D eigenvalue weighted by Crippen LogP contribution is 2.36. The molecule has 2 aromatic carbocycles.